The van der Waals surface area contributed by atoms with Gasteiger partial charge in [0.1, 0.15) is 17.5 Å². The first-order valence-electron chi connectivity index (χ1n) is 5.39. The molecule has 3 N–H and O–H groups in total. The van der Waals surface area contributed by atoms with Gasteiger partial charge in [-0.25, -0.2) is 4.68 Å². The summed E-state index contributed by atoms with van der Waals surface area (Å²) in [6.45, 7) is 4.38. The van der Waals surface area contributed by atoms with E-state index in [1.807, 2.05) is 6.92 Å². The Morgan fingerprint density at radius 3 is 2.88 bits per heavy atom. The number of anilines is 2. The fourth-order valence-corrected chi connectivity index (χ4v) is 1.87. The zero-order valence-electron chi connectivity index (χ0n) is 9.65. The second-order valence-electron chi connectivity index (χ2n) is 3.91. The molecule has 92 valence electrons. The Morgan fingerprint density at radius 2 is 2.29 bits per heavy atom. The number of aliphatic carboxylic acids is 1. The Kier molecular flexibility index (Phi) is 2.74. The highest BCUT2D eigenvalue weighted by Gasteiger charge is 2.31. The molecule has 1 aliphatic rings. The van der Waals surface area contributed by atoms with E-state index in [1.165, 1.54) is 0 Å². The molecule has 1 aromatic heterocycles. The highest BCUT2D eigenvalue weighted by Crippen LogP contribution is 2.30. The van der Waals surface area contributed by atoms with Crippen molar-refractivity contribution in [2.75, 3.05) is 10.6 Å². The second kappa shape index (κ2) is 4.08. The van der Waals surface area contributed by atoms with Gasteiger partial charge in [-0.3, -0.25) is 9.59 Å². The average Bonchev–Trinajstić information content (AvgIpc) is 2.55. The van der Waals surface area contributed by atoms with Crippen molar-refractivity contribution in [3.8, 4) is 0 Å². The van der Waals surface area contributed by atoms with E-state index in [4.69, 9.17) is 5.11 Å². The second-order valence-corrected chi connectivity index (χ2v) is 3.91. The van der Waals surface area contributed by atoms with Crippen molar-refractivity contribution in [2.24, 2.45) is 0 Å². The Morgan fingerprint density at radius 1 is 1.59 bits per heavy atom. The molecule has 0 radical (unpaired) electrons. The smallest absolute Gasteiger partial charge is 0.305 e. The first-order valence-corrected chi connectivity index (χ1v) is 5.39. The number of carboxylic acids is 1. The van der Waals surface area contributed by atoms with E-state index in [9.17, 15) is 9.59 Å². The van der Waals surface area contributed by atoms with Crippen molar-refractivity contribution in [3.05, 3.63) is 5.69 Å². The summed E-state index contributed by atoms with van der Waals surface area (Å²) in [6.07, 6.45) is -0.251. The first kappa shape index (κ1) is 11.4. The average molecular weight is 238 g/mol. The van der Waals surface area contributed by atoms with Crippen LogP contribution in [-0.4, -0.2) is 32.8 Å². The van der Waals surface area contributed by atoms with Crippen LogP contribution in [0.3, 0.4) is 0 Å². The minimum Gasteiger partial charge on any atom is -0.481 e. The normalized spacial score (nSPS) is 18.2. The van der Waals surface area contributed by atoms with Gasteiger partial charge >= 0.3 is 5.97 Å². The maximum Gasteiger partial charge on any atom is 0.305 e. The molecule has 1 amide bonds. The number of nitrogens with zero attached hydrogens (tertiary/aromatic N) is 2. The van der Waals surface area contributed by atoms with Gasteiger partial charge in [-0.15, -0.1) is 0 Å². The van der Waals surface area contributed by atoms with Crippen molar-refractivity contribution in [1.82, 2.24) is 9.78 Å². The van der Waals surface area contributed by atoms with Crippen LogP contribution in [0.4, 0.5) is 11.5 Å². The monoisotopic (exact) mass is 238 g/mol. The molecule has 0 bridgehead atoms. The van der Waals surface area contributed by atoms with E-state index in [2.05, 4.69) is 15.7 Å². The van der Waals surface area contributed by atoms with Crippen molar-refractivity contribution in [3.63, 3.8) is 0 Å². The van der Waals surface area contributed by atoms with Gasteiger partial charge in [0, 0.05) is 6.54 Å². The van der Waals surface area contributed by atoms with E-state index < -0.39 is 12.0 Å². The molecule has 1 aromatic rings. The molecule has 0 fully saturated rings. The molecule has 7 nitrogen and oxygen atoms in total. The summed E-state index contributed by atoms with van der Waals surface area (Å²) in [5.74, 6) is -0.671. The summed E-state index contributed by atoms with van der Waals surface area (Å²) in [6, 6.07) is -0.749. The number of aromatic nitrogens is 2. The molecule has 7 heteroatoms. The van der Waals surface area contributed by atoms with Crippen LogP contribution in [0, 0.1) is 6.92 Å². The van der Waals surface area contributed by atoms with Gasteiger partial charge in [0.25, 0.3) is 0 Å². The molecule has 0 saturated heterocycles. The lowest BCUT2D eigenvalue weighted by Crippen LogP contribution is -2.40. The summed E-state index contributed by atoms with van der Waals surface area (Å²) in [5.41, 5.74) is 1.36. The minimum absolute atomic E-state index is 0.251. The molecule has 17 heavy (non-hydrogen) atoms. The van der Waals surface area contributed by atoms with Crippen LogP contribution >= 0.6 is 0 Å². The largest absolute Gasteiger partial charge is 0.481 e. The predicted molar refractivity (Wildman–Crippen MR) is 60.9 cm³/mol. The molecule has 0 aromatic carbocycles. The lowest BCUT2D eigenvalue weighted by Gasteiger charge is -2.24. The molecule has 1 atom stereocenters. The van der Waals surface area contributed by atoms with Crippen LogP contribution in [0.25, 0.3) is 0 Å². The number of carbonyl (C=O) groups is 2. The van der Waals surface area contributed by atoms with Crippen LogP contribution in [0.5, 0.6) is 0 Å². The number of amides is 1. The molecule has 1 unspecified atom stereocenters. The molecule has 0 aliphatic carbocycles. The van der Waals surface area contributed by atoms with Gasteiger partial charge in [-0.2, -0.15) is 5.10 Å². The van der Waals surface area contributed by atoms with Crippen molar-refractivity contribution < 1.29 is 14.7 Å². The predicted octanol–water partition coefficient (Wildman–Crippen LogP) is 0.419. The number of hydrogen-bond acceptors (Lipinski definition) is 4. The Hall–Kier alpha value is -2.05. The molecular formula is C10H14N4O3. The fourth-order valence-electron chi connectivity index (χ4n) is 1.87. The third-order valence-corrected chi connectivity index (χ3v) is 2.68. The SMILES string of the molecule is CCn1nc(C)c2c1NC(CC(=O)O)C(=O)N2. The van der Waals surface area contributed by atoms with Crippen LogP contribution in [-0.2, 0) is 16.1 Å². The topological polar surface area (TPSA) is 96.2 Å². The zero-order valence-corrected chi connectivity index (χ0v) is 9.65. The number of aryl methyl sites for hydroxylation is 2. The van der Waals surface area contributed by atoms with E-state index in [0.717, 1.165) is 5.69 Å². The van der Waals surface area contributed by atoms with Crippen molar-refractivity contribution in [1.29, 1.82) is 0 Å². The maximum absolute atomic E-state index is 11.7. The van der Waals surface area contributed by atoms with Gasteiger partial charge in [0.2, 0.25) is 5.91 Å². The molecule has 2 heterocycles. The molecule has 0 saturated carbocycles. The van der Waals surface area contributed by atoms with Crippen molar-refractivity contribution >= 4 is 23.4 Å². The first-order chi connectivity index (χ1) is 8.02. The number of carboxylic acid groups (broad SMARTS) is 1. The third-order valence-electron chi connectivity index (χ3n) is 2.68. The van der Waals surface area contributed by atoms with E-state index in [0.29, 0.717) is 18.1 Å². The fraction of sp³-hybridized carbons (Fsp3) is 0.500. The number of nitrogens with one attached hydrogen (secondary N) is 2. The quantitative estimate of drug-likeness (QED) is 0.709. The molecule has 1 aliphatic heterocycles. The number of hydrogen-bond donors (Lipinski definition) is 3. The lowest BCUT2D eigenvalue weighted by atomic mass is 10.1. The summed E-state index contributed by atoms with van der Waals surface area (Å²) in [7, 11) is 0. The number of fused-ring (bicyclic) bond motifs is 1. The molecule has 0 spiro atoms. The van der Waals surface area contributed by atoms with Gasteiger partial charge in [-0.05, 0) is 13.8 Å². The van der Waals surface area contributed by atoms with E-state index >= 15 is 0 Å². The number of rotatable bonds is 3. The molecule has 2 rings (SSSR count). The summed E-state index contributed by atoms with van der Waals surface area (Å²) in [5, 5.41) is 18.6. The Labute approximate surface area is 97.8 Å². The Balaban J connectivity index is 2.32. The highest BCUT2D eigenvalue weighted by molar-refractivity contribution is 6.04. The van der Waals surface area contributed by atoms with Crippen LogP contribution in [0.1, 0.15) is 19.0 Å². The number of carbonyl (C=O) groups excluding carboxylic acids is 1. The lowest BCUT2D eigenvalue weighted by molar-refractivity contribution is -0.138. The maximum atomic E-state index is 11.7. The molecular weight excluding hydrogens is 224 g/mol. The van der Waals surface area contributed by atoms with Crippen LogP contribution in [0.15, 0.2) is 0 Å². The van der Waals surface area contributed by atoms with Crippen molar-refractivity contribution in [2.45, 2.75) is 32.9 Å². The van der Waals surface area contributed by atoms with Crippen LogP contribution in [0.2, 0.25) is 0 Å². The van der Waals surface area contributed by atoms with Gasteiger partial charge in [0.05, 0.1) is 12.1 Å². The van der Waals surface area contributed by atoms with E-state index in [1.54, 1.807) is 11.6 Å². The highest BCUT2D eigenvalue weighted by atomic mass is 16.4. The van der Waals surface area contributed by atoms with E-state index in [-0.39, 0.29) is 12.3 Å². The Bertz CT molecular complexity index is 480. The van der Waals surface area contributed by atoms with Gasteiger partial charge in [-0.1, -0.05) is 0 Å². The third kappa shape index (κ3) is 1.95. The van der Waals surface area contributed by atoms with Gasteiger partial charge in [0.15, 0.2) is 0 Å². The van der Waals surface area contributed by atoms with Crippen LogP contribution < -0.4 is 10.6 Å². The summed E-state index contributed by atoms with van der Waals surface area (Å²) in [4.78, 5) is 22.3. The van der Waals surface area contributed by atoms with Gasteiger partial charge < -0.3 is 15.7 Å². The standard InChI is InChI=1S/C10H14N4O3/c1-3-14-9-8(5(2)13-14)12-10(17)6(11-9)4-7(15)16/h6,11H,3-4H2,1-2H3,(H,12,17)(H,15,16). The zero-order chi connectivity index (χ0) is 12.6. The minimum atomic E-state index is -1.01. The summed E-state index contributed by atoms with van der Waals surface area (Å²) >= 11 is 0. The summed E-state index contributed by atoms with van der Waals surface area (Å²) < 4.78 is 1.71.